The summed E-state index contributed by atoms with van der Waals surface area (Å²) in [5.74, 6) is 0.0892. The van der Waals surface area contributed by atoms with Crippen LogP contribution in [0.25, 0.3) is 0 Å². The number of anilines is 1. The molecule has 1 aromatic rings. The second-order valence-corrected chi connectivity index (χ2v) is 4.29. The van der Waals surface area contributed by atoms with Crippen LogP contribution in [0.5, 0.6) is 5.75 Å². The summed E-state index contributed by atoms with van der Waals surface area (Å²) in [6, 6.07) is 5.87. The van der Waals surface area contributed by atoms with Crippen molar-refractivity contribution in [3.8, 4) is 5.75 Å². The minimum Gasteiger partial charge on any atom is -0.495 e. The van der Waals surface area contributed by atoms with Gasteiger partial charge in [0.25, 0.3) is 0 Å². The predicted molar refractivity (Wildman–Crippen MR) is 67.6 cm³/mol. The highest BCUT2D eigenvalue weighted by molar-refractivity contribution is 5.67. The van der Waals surface area contributed by atoms with Crippen molar-refractivity contribution in [2.45, 2.75) is 20.3 Å². The number of benzene rings is 1. The van der Waals surface area contributed by atoms with Crippen LogP contribution in [0.3, 0.4) is 0 Å². The van der Waals surface area contributed by atoms with Crippen LogP contribution in [0.2, 0.25) is 0 Å². The number of aryl methyl sites for hydroxylation is 1. The van der Waals surface area contributed by atoms with E-state index in [1.807, 2.05) is 32.0 Å². The van der Waals surface area contributed by atoms with Gasteiger partial charge in [-0.1, -0.05) is 13.0 Å². The highest BCUT2D eigenvalue weighted by Crippen LogP contribution is 2.25. The summed E-state index contributed by atoms with van der Waals surface area (Å²) >= 11 is 0. The summed E-state index contributed by atoms with van der Waals surface area (Å²) in [7, 11) is 1.62. The normalized spacial score (nSPS) is 11.9. The van der Waals surface area contributed by atoms with E-state index < -0.39 is 5.97 Å². The number of carbonyl (C=O) groups is 1. The topological polar surface area (TPSA) is 58.6 Å². The molecule has 0 bridgehead atoms. The van der Waals surface area contributed by atoms with E-state index in [0.29, 0.717) is 6.54 Å². The fraction of sp³-hybridized carbons (Fsp3) is 0.462. The van der Waals surface area contributed by atoms with Crippen LogP contribution in [0.1, 0.15) is 18.9 Å². The number of nitrogens with one attached hydrogen (secondary N) is 1. The fourth-order valence-corrected chi connectivity index (χ4v) is 1.61. The molecule has 94 valence electrons. The van der Waals surface area contributed by atoms with Crippen LogP contribution in [-0.4, -0.2) is 24.7 Å². The maximum Gasteiger partial charge on any atom is 0.303 e. The van der Waals surface area contributed by atoms with E-state index in [4.69, 9.17) is 9.84 Å². The monoisotopic (exact) mass is 237 g/mol. The molecule has 0 saturated carbocycles. The summed E-state index contributed by atoms with van der Waals surface area (Å²) in [6.07, 6.45) is 0.168. The van der Waals surface area contributed by atoms with Crippen LogP contribution in [0.4, 0.5) is 5.69 Å². The molecule has 1 rings (SSSR count). The minimum atomic E-state index is -0.768. The summed E-state index contributed by atoms with van der Waals surface area (Å²) in [5.41, 5.74) is 2.05. The second kappa shape index (κ2) is 6.13. The lowest BCUT2D eigenvalue weighted by Crippen LogP contribution is -2.15. The average molecular weight is 237 g/mol. The smallest absolute Gasteiger partial charge is 0.303 e. The number of hydrogen-bond acceptors (Lipinski definition) is 3. The Hall–Kier alpha value is -1.71. The van der Waals surface area contributed by atoms with Crippen molar-refractivity contribution in [3.63, 3.8) is 0 Å². The van der Waals surface area contributed by atoms with Crippen molar-refractivity contribution in [1.29, 1.82) is 0 Å². The van der Waals surface area contributed by atoms with Gasteiger partial charge in [-0.25, -0.2) is 0 Å². The Bertz CT molecular complexity index is 390. The Morgan fingerprint density at radius 3 is 2.82 bits per heavy atom. The molecule has 0 aliphatic carbocycles. The Morgan fingerprint density at radius 2 is 2.24 bits per heavy atom. The van der Waals surface area contributed by atoms with Crippen LogP contribution < -0.4 is 10.1 Å². The van der Waals surface area contributed by atoms with E-state index >= 15 is 0 Å². The molecule has 1 aromatic carbocycles. The van der Waals surface area contributed by atoms with E-state index in [1.165, 1.54) is 0 Å². The van der Waals surface area contributed by atoms with E-state index in [-0.39, 0.29) is 12.3 Å². The fourth-order valence-electron chi connectivity index (χ4n) is 1.61. The van der Waals surface area contributed by atoms with Gasteiger partial charge in [0.15, 0.2) is 0 Å². The molecule has 0 saturated heterocycles. The number of aliphatic carboxylic acids is 1. The molecular formula is C13H19NO3. The number of rotatable bonds is 6. The van der Waals surface area contributed by atoms with Crippen LogP contribution in [-0.2, 0) is 4.79 Å². The Morgan fingerprint density at radius 1 is 1.53 bits per heavy atom. The SMILES string of the molecule is COc1ccc(C)cc1NCC(C)CC(=O)O. The first-order valence-electron chi connectivity index (χ1n) is 5.63. The van der Waals surface area contributed by atoms with Gasteiger partial charge in [0.1, 0.15) is 5.75 Å². The third kappa shape index (κ3) is 4.34. The highest BCUT2D eigenvalue weighted by Gasteiger charge is 2.09. The number of hydrogen-bond donors (Lipinski definition) is 2. The van der Waals surface area contributed by atoms with Crippen LogP contribution in [0.15, 0.2) is 18.2 Å². The molecule has 0 heterocycles. The first-order chi connectivity index (χ1) is 8.02. The lowest BCUT2D eigenvalue weighted by atomic mass is 10.1. The Kier molecular flexibility index (Phi) is 4.82. The van der Waals surface area contributed by atoms with E-state index in [9.17, 15) is 4.79 Å². The molecule has 0 fully saturated rings. The molecule has 0 aliphatic heterocycles. The zero-order valence-corrected chi connectivity index (χ0v) is 10.5. The van der Waals surface area contributed by atoms with E-state index in [1.54, 1.807) is 7.11 Å². The number of carboxylic acid groups (broad SMARTS) is 1. The summed E-state index contributed by atoms with van der Waals surface area (Å²) < 4.78 is 5.23. The maximum atomic E-state index is 10.5. The van der Waals surface area contributed by atoms with Gasteiger partial charge in [0.2, 0.25) is 0 Å². The first kappa shape index (κ1) is 13.4. The van der Waals surface area contributed by atoms with Gasteiger partial charge in [0, 0.05) is 13.0 Å². The van der Waals surface area contributed by atoms with Gasteiger partial charge < -0.3 is 15.2 Å². The lowest BCUT2D eigenvalue weighted by Gasteiger charge is -2.14. The summed E-state index contributed by atoms with van der Waals surface area (Å²) in [4.78, 5) is 10.5. The molecule has 17 heavy (non-hydrogen) atoms. The average Bonchev–Trinajstić information content (AvgIpc) is 2.25. The van der Waals surface area contributed by atoms with Gasteiger partial charge in [-0.05, 0) is 30.5 Å². The van der Waals surface area contributed by atoms with Gasteiger partial charge >= 0.3 is 5.97 Å². The Balaban J connectivity index is 2.61. The first-order valence-corrected chi connectivity index (χ1v) is 5.63. The van der Waals surface area contributed by atoms with E-state index in [0.717, 1.165) is 17.0 Å². The molecular weight excluding hydrogens is 218 g/mol. The largest absolute Gasteiger partial charge is 0.495 e. The van der Waals surface area contributed by atoms with Crippen molar-refractivity contribution < 1.29 is 14.6 Å². The third-order valence-corrected chi connectivity index (χ3v) is 2.52. The van der Waals surface area contributed by atoms with Crippen molar-refractivity contribution in [2.24, 2.45) is 5.92 Å². The molecule has 0 aliphatic rings. The van der Waals surface area contributed by atoms with Crippen molar-refractivity contribution in [3.05, 3.63) is 23.8 Å². The van der Waals surface area contributed by atoms with Crippen LogP contribution in [0, 0.1) is 12.8 Å². The molecule has 2 N–H and O–H groups in total. The third-order valence-electron chi connectivity index (χ3n) is 2.52. The second-order valence-electron chi connectivity index (χ2n) is 4.29. The zero-order chi connectivity index (χ0) is 12.8. The number of carboxylic acids is 1. The standard InChI is InChI=1S/C13H19NO3/c1-9-4-5-12(17-3)11(6-9)14-8-10(2)7-13(15)16/h4-6,10,14H,7-8H2,1-3H3,(H,15,16). The Labute approximate surface area is 102 Å². The van der Waals surface area contributed by atoms with Gasteiger partial charge in [-0.15, -0.1) is 0 Å². The maximum absolute atomic E-state index is 10.5. The molecule has 4 heteroatoms. The summed E-state index contributed by atoms with van der Waals surface area (Å²) in [5, 5.41) is 11.9. The molecule has 0 spiro atoms. The van der Waals surface area contributed by atoms with Crippen molar-refractivity contribution in [1.82, 2.24) is 0 Å². The van der Waals surface area contributed by atoms with E-state index in [2.05, 4.69) is 5.32 Å². The molecule has 4 nitrogen and oxygen atoms in total. The quantitative estimate of drug-likeness (QED) is 0.798. The van der Waals surface area contributed by atoms with Crippen molar-refractivity contribution >= 4 is 11.7 Å². The molecule has 1 atom stereocenters. The van der Waals surface area contributed by atoms with Crippen LogP contribution >= 0.6 is 0 Å². The molecule has 1 unspecified atom stereocenters. The predicted octanol–water partition coefficient (Wildman–Crippen LogP) is 2.53. The number of ether oxygens (including phenoxy) is 1. The van der Waals surface area contributed by atoms with Gasteiger partial charge in [0.05, 0.1) is 12.8 Å². The highest BCUT2D eigenvalue weighted by atomic mass is 16.5. The summed E-state index contributed by atoms with van der Waals surface area (Å²) in [6.45, 7) is 4.53. The van der Waals surface area contributed by atoms with Gasteiger partial charge in [-0.2, -0.15) is 0 Å². The van der Waals surface area contributed by atoms with Gasteiger partial charge in [-0.3, -0.25) is 4.79 Å². The number of methoxy groups -OCH3 is 1. The lowest BCUT2D eigenvalue weighted by molar-refractivity contribution is -0.137. The minimum absolute atomic E-state index is 0.0812. The molecule has 0 aromatic heterocycles. The molecule has 0 amide bonds. The molecule has 0 radical (unpaired) electrons. The van der Waals surface area contributed by atoms with Crippen molar-refractivity contribution in [2.75, 3.05) is 19.0 Å². The zero-order valence-electron chi connectivity index (χ0n) is 10.5.